The number of aromatic nitrogens is 3. The fourth-order valence-corrected chi connectivity index (χ4v) is 2.92. The van der Waals surface area contributed by atoms with Crippen molar-refractivity contribution in [3.05, 3.63) is 78.2 Å². The van der Waals surface area contributed by atoms with Crippen molar-refractivity contribution in [3.8, 4) is 11.4 Å². The molecule has 0 radical (unpaired) electrons. The van der Waals surface area contributed by atoms with Gasteiger partial charge in [0.05, 0.1) is 18.3 Å². The number of carbonyl (C=O) groups excluding carboxylic acids is 2. The summed E-state index contributed by atoms with van der Waals surface area (Å²) < 4.78 is 1.39. The summed E-state index contributed by atoms with van der Waals surface area (Å²) in [5, 5.41) is 15.0. The van der Waals surface area contributed by atoms with E-state index < -0.39 is 5.91 Å². The van der Waals surface area contributed by atoms with E-state index in [1.165, 1.54) is 10.9 Å². The maximum absolute atomic E-state index is 12.3. The predicted molar refractivity (Wildman–Crippen MR) is 103 cm³/mol. The van der Waals surface area contributed by atoms with Gasteiger partial charge in [-0.1, -0.05) is 36.4 Å². The number of hydrazine groups is 1. The highest BCUT2D eigenvalue weighted by atomic mass is 16.3. The van der Waals surface area contributed by atoms with Crippen molar-refractivity contribution in [3.63, 3.8) is 0 Å². The predicted octanol–water partition coefficient (Wildman–Crippen LogP) is 2.06. The van der Waals surface area contributed by atoms with Crippen LogP contribution in [0.3, 0.4) is 0 Å². The number of rotatable bonds is 4. The van der Waals surface area contributed by atoms with Crippen molar-refractivity contribution in [2.45, 2.75) is 6.42 Å². The summed E-state index contributed by atoms with van der Waals surface area (Å²) in [4.78, 5) is 27.5. The summed E-state index contributed by atoms with van der Waals surface area (Å²) in [5.74, 6) is -1.38. The van der Waals surface area contributed by atoms with Crippen LogP contribution in [0.4, 0.5) is 0 Å². The molecule has 28 heavy (non-hydrogen) atoms. The third-order valence-corrected chi connectivity index (χ3v) is 4.27. The van der Waals surface area contributed by atoms with Crippen LogP contribution in [0.15, 0.2) is 67.0 Å². The average Bonchev–Trinajstić information content (AvgIpc) is 3.31. The summed E-state index contributed by atoms with van der Waals surface area (Å²) in [6, 6.07) is 16.7. The molecule has 0 bridgehead atoms. The molecule has 0 fully saturated rings. The molecule has 0 aliphatic heterocycles. The van der Waals surface area contributed by atoms with Crippen molar-refractivity contribution >= 4 is 22.7 Å². The number of H-pyrrole nitrogens is 1. The van der Waals surface area contributed by atoms with Crippen LogP contribution in [-0.2, 0) is 11.2 Å². The number of nitrogens with one attached hydrogen (secondary N) is 3. The zero-order valence-electron chi connectivity index (χ0n) is 14.7. The second-order valence-electron chi connectivity index (χ2n) is 6.18. The molecule has 0 aliphatic carbocycles. The molecular weight excluding hydrogens is 358 g/mol. The van der Waals surface area contributed by atoms with Crippen LogP contribution in [0.5, 0.6) is 5.75 Å². The molecule has 8 nitrogen and oxygen atoms in total. The fraction of sp³-hybridized carbons (Fsp3) is 0.0500. The molecule has 0 aliphatic rings. The normalized spacial score (nSPS) is 10.7. The van der Waals surface area contributed by atoms with Crippen LogP contribution < -0.4 is 10.9 Å². The maximum atomic E-state index is 12.3. The molecule has 0 saturated carbocycles. The van der Waals surface area contributed by atoms with E-state index in [-0.39, 0.29) is 23.8 Å². The quantitative estimate of drug-likeness (QED) is 0.409. The summed E-state index contributed by atoms with van der Waals surface area (Å²) in [7, 11) is 0. The number of fused-ring (bicyclic) bond motifs is 1. The first-order valence-electron chi connectivity index (χ1n) is 8.60. The lowest BCUT2D eigenvalue weighted by atomic mass is 10.1. The van der Waals surface area contributed by atoms with Gasteiger partial charge in [-0.25, -0.2) is 4.68 Å². The van der Waals surface area contributed by atoms with E-state index >= 15 is 0 Å². The molecule has 0 spiro atoms. The maximum Gasteiger partial charge on any atom is 0.294 e. The van der Waals surface area contributed by atoms with E-state index in [2.05, 4.69) is 20.9 Å². The van der Waals surface area contributed by atoms with Gasteiger partial charge in [-0.15, -0.1) is 0 Å². The first kappa shape index (κ1) is 17.3. The van der Waals surface area contributed by atoms with Crippen LogP contribution in [0.25, 0.3) is 16.6 Å². The van der Waals surface area contributed by atoms with Crippen LogP contribution in [0.1, 0.15) is 16.1 Å². The third kappa shape index (κ3) is 3.43. The standard InChI is InChI=1S/C20H17N5O3/c26-17-12-25(14-6-2-1-3-7-14)24-19(17)20(28)23-22-18(27)10-13-11-21-16-9-5-4-8-15(13)16/h1-9,11-12,21,26H,10H2,(H,22,27)(H,23,28). The molecule has 140 valence electrons. The van der Waals surface area contributed by atoms with E-state index in [0.717, 1.165) is 16.5 Å². The molecule has 0 unspecified atom stereocenters. The molecule has 2 aromatic carbocycles. The molecule has 0 saturated heterocycles. The first-order valence-corrected chi connectivity index (χ1v) is 8.60. The lowest BCUT2D eigenvalue weighted by Crippen LogP contribution is -2.42. The second-order valence-corrected chi connectivity index (χ2v) is 6.18. The van der Waals surface area contributed by atoms with Gasteiger partial charge in [-0.3, -0.25) is 20.4 Å². The van der Waals surface area contributed by atoms with E-state index in [4.69, 9.17) is 0 Å². The summed E-state index contributed by atoms with van der Waals surface area (Å²) in [5.41, 5.74) is 6.89. The number of benzene rings is 2. The molecule has 0 atom stereocenters. The SMILES string of the molecule is O=C(Cc1c[nH]c2ccccc12)NNC(=O)c1nn(-c2ccccc2)cc1O. The van der Waals surface area contributed by atoms with Gasteiger partial charge in [0, 0.05) is 17.1 Å². The van der Waals surface area contributed by atoms with Gasteiger partial charge in [0.1, 0.15) is 0 Å². The molecule has 4 rings (SSSR count). The Morgan fingerprint density at radius 1 is 1.04 bits per heavy atom. The smallest absolute Gasteiger partial charge is 0.294 e. The van der Waals surface area contributed by atoms with Gasteiger partial charge in [0.25, 0.3) is 5.91 Å². The number of para-hydroxylation sites is 2. The van der Waals surface area contributed by atoms with E-state index in [9.17, 15) is 14.7 Å². The lowest BCUT2D eigenvalue weighted by molar-refractivity contribution is -0.121. The number of aromatic hydroxyl groups is 1. The molecule has 2 amide bonds. The monoisotopic (exact) mass is 375 g/mol. The second kappa shape index (κ2) is 7.28. The van der Waals surface area contributed by atoms with E-state index in [1.54, 1.807) is 18.3 Å². The van der Waals surface area contributed by atoms with Crippen molar-refractivity contribution in [1.82, 2.24) is 25.6 Å². The molecule has 2 heterocycles. The Kier molecular flexibility index (Phi) is 4.51. The first-order chi connectivity index (χ1) is 13.6. The van der Waals surface area contributed by atoms with Gasteiger partial charge in [-0.2, -0.15) is 5.10 Å². The number of nitrogens with zero attached hydrogens (tertiary/aromatic N) is 2. The minimum absolute atomic E-state index is 0.0920. The zero-order chi connectivity index (χ0) is 19.5. The van der Waals surface area contributed by atoms with Crippen molar-refractivity contribution in [1.29, 1.82) is 0 Å². The minimum atomic E-state index is -0.709. The number of carbonyl (C=O) groups is 2. The number of hydrogen-bond acceptors (Lipinski definition) is 4. The average molecular weight is 375 g/mol. The topological polar surface area (TPSA) is 112 Å². The number of hydrogen-bond donors (Lipinski definition) is 4. The highest BCUT2D eigenvalue weighted by Crippen LogP contribution is 2.19. The van der Waals surface area contributed by atoms with E-state index in [0.29, 0.717) is 5.69 Å². The Morgan fingerprint density at radius 3 is 2.61 bits per heavy atom. The van der Waals surface area contributed by atoms with Gasteiger partial charge in [0.2, 0.25) is 5.91 Å². The molecule has 4 N–H and O–H groups in total. The third-order valence-electron chi connectivity index (χ3n) is 4.27. The largest absolute Gasteiger partial charge is 0.504 e. The van der Waals surface area contributed by atoms with Crippen LogP contribution in [0.2, 0.25) is 0 Å². The number of amides is 2. The van der Waals surface area contributed by atoms with Crippen molar-refractivity contribution < 1.29 is 14.7 Å². The fourth-order valence-electron chi connectivity index (χ4n) is 2.92. The van der Waals surface area contributed by atoms with Gasteiger partial charge in [0.15, 0.2) is 11.4 Å². The van der Waals surface area contributed by atoms with Crippen molar-refractivity contribution in [2.75, 3.05) is 0 Å². The van der Waals surface area contributed by atoms with Crippen LogP contribution >= 0.6 is 0 Å². The van der Waals surface area contributed by atoms with Gasteiger partial charge < -0.3 is 10.1 Å². The number of aromatic amines is 1. The van der Waals surface area contributed by atoms with Gasteiger partial charge >= 0.3 is 0 Å². The highest BCUT2D eigenvalue weighted by Gasteiger charge is 2.18. The Labute approximate surface area is 159 Å². The van der Waals surface area contributed by atoms with Crippen LogP contribution in [0, 0.1) is 0 Å². The Bertz CT molecular complexity index is 1150. The Balaban J connectivity index is 1.40. The molecular formula is C20H17N5O3. The van der Waals surface area contributed by atoms with Crippen LogP contribution in [-0.4, -0.2) is 31.7 Å². The molecule has 4 aromatic rings. The highest BCUT2D eigenvalue weighted by molar-refractivity contribution is 5.96. The van der Waals surface area contributed by atoms with E-state index in [1.807, 2.05) is 42.5 Å². The zero-order valence-corrected chi connectivity index (χ0v) is 14.7. The molecule has 8 heteroatoms. The minimum Gasteiger partial charge on any atom is -0.504 e. The Hall–Kier alpha value is -4.07. The summed E-state index contributed by atoms with van der Waals surface area (Å²) in [6.45, 7) is 0. The van der Waals surface area contributed by atoms with Crippen molar-refractivity contribution in [2.24, 2.45) is 0 Å². The summed E-state index contributed by atoms with van der Waals surface area (Å²) in [6.07, 6.45) is 3.19. The molecule has 2 aromatic heterocycles. The summed E-state index contributed by atoms with van der Waals surface area (Å²) >= 11 is 0. The Morgan fingerprint density at radius 2 is 1.79 bits per heavy atom. The lowest BCUT2D eigenvalue weighted by Gasteiger charge is -2.06. The van der Waals surface area contributed by atoms with Gasteiger partial charge in [-0.05, 0) is 23.8 Å².